The van der Waals surface area contributed by atoms with Crippen molar-refractivity contribution in [3.8, 4) is 5.75 Å². The average molecular weight is 280 g/mol. The number of aromatic nitrogens is 1. The Bertz CT molecular complexity index is 453. The second-order valence-corrected chi connectivity index (χ2v) is 5.97. The van der Waals surface area contributed by atoms with E-state index in [0.717, 1.165) is 0 Å². The molecule has 1 aromatic rings. The molecular formula is C15H24N2O3. The highest BCUT2D eigenvalue weighted by atomic mass is 16.5. The Morgan fingerprint density at radius 1 is 1.40 bits per heavy atom. The zero-order valence-electron chi connectivity index (χ0n) is 12.8. The lowest BCUT2D eigenvalue weighted by Gasteiger charge is -2.23. The Labute approximate surface area is 120 Å². The van der Waals surface area contributed by atoms with Crippen molar-refractivity contribution >= 4 is 5.91 Å². The van der Waals surface area contributed by atoms with Crippen LogP contribution in [0.5, 0.6) is 5.75 Å². The highest BCUT2D eigenvalue weighted by Crippen LogP contribution is 2.14. The molecule has 5 nitrogen and oxygen atoms in total. The molecular weight excluding hydrogens is 256 g/mol. The van der Waals surface area contributed by atoms with E-state index in [2.05, 4.69) is 10.3 Å². The molecule has 2 N–H and O–H groups in total. The van der Waals surface area contributed by atoms with Gasteiger partial charge in [-0.3, -0.25) is 9.78 Å². The van der Waals surface area contributed by atoms with Crippen LogP contribution >= 0.6 is 0 Å². The van der Waals surface area contributed by atoms with Crippen LogP contribution in [-0.4, -0.2) is 33.7 Å². The third kappa shape index (κ3) is 6.02. The third-order valence-corrected chi connectivity index (χ3v) is 2.53. The van der Waals surface area contributed by atoms with Gasteiger partial charge in [-0.25, -0.2) is 0 Å². The summed E-state index contributed by atoms with van der Waals surface area (Å²) in [6.07, 6.45) is 3.59. The molecule has 1 atom stereocenters. The fourth-order valence-corrected chi connectivity index (χ4v) is 1.99. The van der Waals surface area contributed by atoms with Crippen LogP contribution in [-0.2, 0) is 0 Å². The van der Waals surface area contributed by atoms with E-state index in [1.54, 1.807) is 26.1 Å². The van der Waals surface area contributed by atoms with Gasteiger partial charge in [0.25, 0.3) is 5.91 Å². The third-order valence-electron chi connectivity index (χ3n) is 2.53. The number of amides is 1. The van der Waals surface area contributed by atoms with E-state index in [9.17, 15) is 9.90 Å². The van der Waals surface area contributed by atoms with Gasteiger partial charge in [-0.1, -0.05) is 0 Å². The zero-order chi connectivity index (χ0) is 15.3. The smallest absolute Gasteiger partial charge is 0.253 e. The molecule has 112 valence electrons. The van der Waals surface area contributed by atoms with Crippen LogP contribution in [0.1, 0.15) is 51.4 Å². The van der Waals surface area contributed by atoms with Crippen LogP contribution in [0.3, 0.4) is 0 Å². The van der Waals surface area contributed by atoms with Crippen LogP contribution in [0.2, 0.25) is 0 Å². The molecule has 0 saturated carbocycles. The van der Waals surface area contributed by atoms with Crippen molar-refractivity contribution < 1.29 is 14.6 Å². The van der Waals surface area contributed by atoms with Crippen LogP contribution in [0.4, 0.5) is 0 Å². The Hall–Kier alpha value is -1.62. The molecule has 20 heavy (non-hydrogen) atoms. The number of ether oxygens (including phenoxy) is 1. The number of aliphatic hydroxyl groups is 1. The molecule has 0 aliphatic heterocycles. The molecule has 0 bridgehead atoms. The normalized spacial score (nSPS) is 13.2. The minimum absolute atomic E-state index is 0.0317. The fraction of sp³-hybridized carbons (Fsp3) is 0.600. The predicted molar refractivity (Wildman–Crippen MR) is 77.8 cm³/mol. The van der Waals surface area contributed by atoms with Gasteiger partial charge in [0.15, 0.2) is 0 Å². The monoisotopic (exact) mass is 280 g/mol. The summed E-state index contributed by atoms with van der Waals surface area (Å²) in [4.78, 5) is 16.1. The second-order valence-electron chi connectivity index (χ2n) is 5.97. The van der Waals surface area contributed by atoms with Crippen molar-refractivity contribution in [3.63, 3.8) is 0 Å². The van der Waals surface area contributed by atoms with Crippen molar-refractivity contribution in [1.82, 2.24) is 10.3 Å². The fourth-order valence-electron chi connectivity index (χ4n) is 1.99. The molecule has 1 aromatic heterocycles. The Morgan fingerprint density at radius 2 is 2.05 bits per heavy atom. The molecule has 1 unspecified atom stereocenters. The summed E-state index contributed by atoms with van der Waals surface area (Å²) < 4.78 is 5.51. The van der Waals surface area contributed by atoms with Crippen molar-refractivity contribution in [2.45, 2.75) is 58.8 Å². The number of hydrogen-bond acceptors (Lipinski definition) is 4. The molecule has 0 aliphatic carbocycles. The summed E-state index contributed by atoms with van der Waals surface area (Å²) in [5.41, 5.74) is -0.362. The van der Waals surface area contributed by atoms with Gasteiger partial charge in [-0.2, -0.15) is 0 Å². The number of pyridine rings is 1. The second kappa shape index (κ2) is 6.70. The van der Waals surface area contributed by atoms with E-state index in [0.29, 0.717) is 17.7 Å². The van der Waals surface area contributed by atoms with Crippen molar-refractivity contribution in [1.29, 1.82) is 0 Å². The number of hydrogen-bond donors (Lipinski definition) is 2. The highest BCUT2D eigenvalue weighted by Gasteiger charge is 2.19. The van der Waals surface area contributed by atoms with Gasteiger partial charge in [0.05, 0.1) is 23.5 Å². The van der Waals surface area contributed by atoms with E-state index in [1.807, 2.05) is 20.8 Å². The molecule has 1 rings (SSSR count). The molecule has 0 aromatic carbocycles. The summed E-state index contributed by atoms with van der Waals surface area (Å²) in [7, 11) is 0. The molecule has 1 heterocycles. The zero-order valence-corrected chi connectivity index (χ0v) is 12.8. The first-order valence-corrected chi connectivity index (χ1v) is 6.82. The Kier molecular flexibility index (Phi) is 5.51. The maximum absolute atomic E-state index is 12.1. The largest absolute Gasteiger partial charge is 0.489 e. The highest BCUT2D eigenvalue weighted by molar-refractivity contribution is 5.94. The van der Waals surface area contributed by atoms with Gasteiger partial charge in [-0.05, 0) is 47.1 Å². The number of nitrogens with zero attached hydrogens (tertiary/aromatic N) is 1. The Morgan fingerprint density at radius 3 is 2.60 bits per heavy atom. The van der Waals surface area contributed by atoms with Gasteiger partial charge in [0, 0.05) is 12.2 Å². The first kappa shape index (κ1) is 16.4. The minimum atomic E-state index is -0.812. The molecule has 5 heteroatoms. The molecule has 0 saturated heterocycles. The number of rotatable bonds is 6. The topological polar surface area (TPSA) is 71.5 Å². The van der Waals surface area contributed by atoms with E-state index >= 15 is 0 Å². The number of carbonyl (C=O) groups is 1. The summed E-state index contributed by atoms with van der Waals surface area (Å²) in [5, 5.41) is 12.6. The molecule has 0 spiro atoms. The lowest BCUT2D eigenvalue weighted by atomic mass is 10.00. The van der Waals surface area contributed by atoms with Gasteiger partial charge >= 0.3 is 0 Å². The van der Waals surface area contributed by atoms with E-state index in [4.69, 9.17) is 4.74 Å². The van der Waals surface area contributed by atoms with Gasteiger partial charge in [0.1, 0.15) is 5.75 Å². The summed E-state index contributed by atoms with van der Waals surface area (Å²) >= 11 is 0. The average Bonchev–Trinajstić information content (AvgIpc) is 2.25. The predicted octanol–water partition coefficient (Wildman–Crippen LogP) is 2.15. The van der Waals surface area contributed by atoms with Crippen molar-refractivity contribution in [2.75, 3.05) is 0 Å². The number of nitrogens with one attached hydrogen (secondary N) is 1. The molecule has 0 radical (unpaired) electrons. The lowest BCUT2D eigenvalue weighted by molar-refractivity contribution is 0.0593. The van der Waals surface area contributed by atoms with Gasteiger partial charge in [-0.15, -0.1) is 0 Å². The maximum atomic E-state index is 12.1. The van der Waals surface area contributed by atoms with Crippen molar-refractivity contribution in [3.05, 3.63) is 24.0 Å². The summed E-state index contributed by atoms with van der Waals surface area (Å²) in [6, 6.07) is 1.54. The van der Waals surface area contributed by atoms with E-state index in [1.165, 1.54) is 6.20 Å². The quantitative estimate of drug-likeness (QED) is 0.837. The van der Waals surface area contributed by atoms with Gasteiger partial charge in [0.2, 0.25) is 0 Å². The number of carbonyl (C=O) groups excluding carboxylic acids is 1. The van der Waals surface area contributed by atoms with Crippen molar-refractivity contribution in [2.24, 2.45) is 0 Å². The van der Waals surface area contributed by atoms with E-state index in [-0.39, 0.29) is 18.1 Å². The maximum Gasteiger partial charge on any atom is 0.253 e. The standard InChI is InChI=1S/C15H24N2O3/c1-10(2)20-13-6-12(8-16-9-13)14(18)17-11(3)7-15(4,5)19/h6,8-11,19H,7H2,1-5H3,(H,17,18). The SMILES string of the molecule is CC(CC(C)(C)O)NC(=O)c1cncc(OC(C)C)c1. The van der Waals surface area contributed by atoms with Crippen LogP contribution in [0, 0.1) is 0 Å². The Balaban J connectivity index is 2.68. The van der Waals surface area contributed by atoms with Crippen LogP contribution in [0.15, 0.2) is 18.5 Å². The molecule has 0 fully saturated rings. The first-order valence-electron chi connectivity index (χ1n) is 6.82. The van der Waals surface area contributed by atoms with Crippen LogP contribution < -0.4 is 10.1 Å². The van der Waals surface area contributed by atoms with Gasteiger partial charge < -0.3 is 15.2 Å². The minimum Gasteiger partial charge on any atom is -0.489 e. The van der Waals surface area contributed by atoms with E-state index < -0.39 is 5.60 Å². The van der Waals surface area contributed by atoms with Crippen LogP contribution in [0.25, 0.3) is 0 Å². The first-order chi connectivity index (χ1) is 9.17. The summed E-state index contributed by atoms with van der Waals surface area (Å²) in [6.45, 7) is 9.12. The lowest BCUT2D eigenvalue weighted by Crippen LogP contribution is -2.38. The molecule has 1 amide bonds. The molecule has 0 aliphatic rings. The summed E-state index contributed by atoms with van der Waals surface area (Å²) in [5.74, 6) is 0.353.